The fourth-order valence-corrected chi connectivity index (χ4v) is 3.41. The van der Waals surface area contributed by atoms with Crippen LogP contribution in [-0.2, 0) is 14.3 Å². The number of hydrogen-bond acceptors (Lipinski definition) is 8. The average molecular weight is 346 g/mol. The normalized spacial score (nSPS) is 29.2. The van der Waals surface area contributed by atoms with Gasteiger partial charge < -0.3 is 4.74 Å². The van der Waals surface area contributed by atoms with Gasteiger partial charge in [0.15, 0.2) is 0 Å². The molecule has 0 aromatic heterocycles. The van der Waals surface area contributed by atoms with E-state index in [2.05, 4.69) is 5.43 Å². The molecule has 4 atom stereocenters. The van der Waals surface area contributed by atoms with Crippen LogP contribution >= 0.6 is 0 Å². The first kappa shape index (κ1) is 15.2. The maximum absolute atomic E-state index is 12.5. The summed E-state index contributed by atoms with van der Waals surface area (Å²) < 4.78 is 5.49. The summed E-state index contributed by atoms with van der Waals surface area (Å²) in [6.07, 6.45) is 2.47. The minimum Gasteiger partial charge on any atom is -0.365 e. The van der Waals surface area contributed by atoms with Crippen LogP contribution in [0.1, 0.15) is 0 Å². The van der Waals surface area contributed by atoms with Crippen LogP contribution in [0.15, 0.2) is 30.4 Å². The predicted octanol–water partition coefficient (Wildman–Crippen LogP) is 0.768. The highest BCUT2D eigenvalue weighted by Gasteiger charge is 2.61. The first-order chi connectivity index (χ1) is 11.9. The Labute approximate surface area is 139 Å². The van der Waals surface area contributed by atoms with Crippen molar-refractivity contribution in [3.05, 3.63) is 50.6 Å². The van der Waals surface area contributed by atoms with Gasteiger partial charge in [-0.05, 0) is 6.07 Å². The van der Waals surface area contributed by atoms with Crippen LogP contribution in [-0.4, -0.2) is 38.9 Å². The molecule has 11 heteroatoms. The van der Waals surface area contributed by atoms with E-state index in [1.165, 1.54) is 0 Å². The number of imide groups is 1. The van der Waals surface area contributed by atoms with Gasteiger partial charge in [0.05, 0.1) is 40.0 Å². The number of nitrogens with one attached hydrogen (secondary N) is 1. The van der Waals surface area contributed by atoms with Crippen LogP contribution < -0.4 is 5.43 Å². The molecule has 2 fully saturated rings. The molecular weight excluding hydrogens is 336 g/mol. The molecule has 3 heterocycles. The third-order valence-electron chi connectivity index (χ3n) is 4.53. The van der Waals surface area contributed by atoms with E-state index in [4.69, 9.17) is 4.74 Å². The lowest BCUT2D eigenvalue weighted by Crippen LogP contribution is -2.39. The van der Waals surface area contributed by atoms with Crippen molar-refractivity contribution < 1.29 is 24.2 Å². The lowest BCUT2D eigenvalue weighted by molar-refractivity contribution is -0.393. The predicted molar refractivity (Wildman–Crippen MR) is 80.0 cm³/mol. The number of nitro benzene ring substituents is 2. The number of non-ortho nitro benzene ring substituents is 1. The summed E-state index contributed by atoms with van der Waals surface area (Å²) in [5, 5.41) is 22.7. The van der Waals surface area contributed by atoms with Crippen LogP contribution in [0.25, 0.3) is 0 Å². The lowest BCUT2D eigenvalue weighted by atomic mass is 9.85. The standard InChI is InChI=1S/C14H10N4O7/c19-13-11-9-3-4-10(25-9)12(11)14(20)16(13)15-7-2-1-6(17(21)22)5-8(7)18(23)24/h1-5,9-12,15H/t9-,10-,11-,12+/m1/s1. The molecule has 3 aliphatic heterocycles. The molecule has 0 radical (unpaired) electrons. The molecule has 1 aromatic carbocycles. The van der Waals surface area contributed by atoms with Crippen molar-refractivity contribution in [2.45, 2.75) is 12.2 Å². The van der Waals surface area contributed by atoms with Crippen molar-refractivity contribution in [3.8, 4) is 0 Å². The summed E-state index contributed by atoms with van der Waals surface area (Å²) in [5.41, 5.74) is 1.18. The van der Waals surface area contributed by atoms with Gasteiger partial charge in [0.1, 0.15) is 5.69 Å². The first-order valence-electron chi connectivity index (χ1n) is 7.29. The smallest absolute Gasteiger partial charge is 0.300 e. The number of nitro groups is 2. The monoisotopic (exact) mass is 346 g/mol. The second-order valence-corrected chi connectivity index (χ2v) is 5.84. The van der Waals surface area contributed by atoms with Gasteiger partial charge in [-0.25, -0.2) is 0 Å². The Balaban J connectivity index is 1.65. The number of anilines is 1. The van der Waals surface area contributed by atoms with Crippen molar-refractivity contribution in [3.63, 3.8) is 0 Å². The van der Waals surface area contributed by atoms with Crippen molar-refractivity contribution in [2.75, 3.05) is 5.43 Å². The molecule has 2 amide bonds. The topological polar surface area (TPSA) is 145 Å². The maximum Gasteiger partial charge on any atom is 0.300 e. The van der Waals surface area contributed by atoms with Crippen LogP contribution in [0.5, 0.6) is 0 Å². The fraction of sp³-hybridized carbons (Fsp3) is 0.286. The minimum absolute atomic E-state index is 0.182. The number of rotatable bonds is 4. The van der Waals surface area contributed by atoms with Crippen LogP contribution in [0.2, 0.25) is 0 Å². The highest BCUT2D eigenvalue weighted by Crippen LogP contribution is 2.45. The molecule has 3 aliphatic rings. The molecule has 0 aliphatic carbocycles. The summed E-state index contributed by atoms with van der Waals surface area (Å²) in [6.45, 7) is 0. The summed E-state index contributed by atoms with van der Waals surface area (Å²) in [4.78, 5) is 45.3. The highest BCUT2D eigenvalue weighted by molar-refractivity contribution is 6.07. The number of ether oxygens (including phenoxy) is 1. The van der Waals surface area contributed by atoms with E-state index in [1.807, 2.05) is 0 Å². The fourth-order valence-electron chi connectivity index (χ4n) is 3.41. The van der Waals surface area contributed by atoms with Gasteiger partial charge in [0.2, 0.25) is 0 Å². The number of fused-ring (bicyclic) bond motifs is 5. The Morgan fingerprint density at radius 1 is 1.00 bits per heavy atom. The van der Waals surface area contributed by atoms with E-state index in [0.717, 1.165) is 23.2 Å². The molecule has 2 saturated heterocycles. The Morgan fingerprint density at radius 2 is 1.60 bits per heavy atom. The Bertz CT molecular complexity index is 837. The van der Waals surface area contributed by atoms with Gasteiger partial charge in [-0.2, -0.15) is 5.01 Å². The van der Waals surface area contributed by atoms with Crippen LogP contribution in [0.4, 0.5) is 17.1 Å². The van der Waals surface area contributed by atoms with Gasteiger partial charge in [0.25, 0.3) is 17.5 Å². The Kier molecular flexibility index (Phi) is 3.09. The van der Waals surface area contributed by atoms with E-state index in [0.29, 0.717) is 0 Å². The van der Waals surface area contributed by atoms with Crippen LogP contribution in [0.3, 0.4) is 0 Å². The number of amides is 2. The van der Waals surface area contributed by atoms with Gasteiger partial charge >= 0.3 is 5.69 Å². The van der Waals surface area contributed by atoms with E-state index in [-0.39, 0.29) is 5.69 Å². The lowest BCUT2D eigenvalue weighted by Gasteiger charge is -2.19. The summed E-state index contributed by atoms with van der Waals surface area (Å²) >= 11 is 0. The molecule has 1 aromatic rings. The van der Waals surface area contributed by atoms with Gasteiger partial charge in [0, 0.05) is 6.07 Å². The highest BCUT2D eigenvalue weighted by atomic mass is 16.6. The SMILES string of the molecule is O=C1[C@@H]2[C@H](C(=O)N1Nc1ccc([N+](=O)[O-])cc1[N+](=O)[O-])[C@H]1C=C[C@H]2O1. The molecule has 11 nitrogen and oxygen atoms in total. The number of carbonyl (C=O) groups is 2. The van der Waals surface area contributed by atoms with Gasteiger partial charge in [-0.3, -0.25) is 35.2 Å². The largest absolute Gasteiger partial charge is 0.365 e. The van der Waals surface area contributed by atoms with Crippen molar-refractivity contribution in [1.29, 1.82) is 0 Å². The van der Waals surface area contributed by atoms with E-state index < -0.39 is 57.1 Å². The number of benzene rings is 1. The van der Waals surface area contributed by atoms with Crippen LogP contribution in [0, 0.1) is 32.1 Å². The van der Waals surface area contributed by atoms with Gasteiger partial charge in [-0.1, -0.05) is 12.2 Å². The Morgan fingerprint density at radius 3 is 2.12 bits per heavy atom. The van der Waals surface area contributed by atoms with E-state index >= 15 is 0 Å². The second-order valence-electron chi connectivity index (χ2n) is 5.84. The molecule has 128 valence electrons. The third kappa shape index (κ3) is 2.09. The zero-order valence-electron chi connectivity index (χ0n) is 12.4. The van der Waals surface area contributed by atoms with Crippen molar-refractivity contribution >= 4 is 28.9 Å². The average Bonchev–Trinajstić information content (AvgIpc) is 3.24. The third-order valence-corrected chi connectivity index (χ3v) is 4.53. The molecule has 25 heavy (non-hydrogen) atoms. The molecule has 2 bridgehead atoms. The summed E-state index contributed by atoms with van der Waals surface area (Å²) in [5.74, 6) is -2.40. The van der Waals surface area contributed by atoms with Crippen molar-refractivity contribution in [1.82, 2.24) is 5.01 Å². The number of hydrogen-bond donors (Lipinski definition) is 1. The quantitative estimate of drug-likeness (QED) is 0.364. The minimum atomic E-state index is -0.824. The molecular formula is C14H10N4O7. The second kappa shape index (κ2) is 5.08. The Hall–Kier alpha value is -3.34. The molecule has 0 saturated carbocycles. The molecule has 1 N–H and O–H groups in total. The zero-order chi connectivity index (χ0) is 17.9. The zero-order valence-corrected chi connectivity index (χ0v) is 12.4. The van der Waals surface area contributed by atoms with Crippen molar-refractivity contribution in [2.24, 2.45) is 11.8 Å². The summed E-state index contributed by atoms with van der Waals surface area (Å²) in [6, 6.07) is 2.91. The molecule has 0 spiro atoms. The van der Waals surface area contributed by atoms with E-state index in [9.17, 15) is 29.8 Å². The maximum atomic E-state index is 12.5. The van der Waals surface area contributed by atoms with Gasteiger partial charge in [-0.15, -0.1) is 0 Å². The summed E-state index contributed by atoms with van der Waals surface area (Å²) in [7, 11) is 0. The number of nitrogens with zero attached hydrogens (tertiary/aromatic N) is 3. The number of hydrazine groups is 1. The number of carbonyl (C=O) groups excluding carboxylic acids is 2. The first-order valence-corrected chi connectivity index (χ1v) is 7.29. The van der Waals surface area contributed by atoms with E-state index in [1.54, 1.807) is 12.2 Å². The molecule has 4 rings (SSSR count). The molecule has 0 unspecified atom stereocenters.